The number of benzene rings is 1. The minimum Gasteiger partial charge on any atom is -0.465 e. The van der Waals surface area contributed by atoms with Crippen molar-refractivity contribution in [1.29, 1.82) is 0 Å². The molecule has 7 heteroatoms. The lowest BCUT2D eigenvalue weighted by Gasteiger charge is -2.29. The molecule has 0 saturated carbocycles. The molecule has 0 spiro atoms. The van der Waals surface area contributed by atoms with E-state index >= 15 is 0 Å². The van der Waals surface area contributed by atoms with Crippen LogP contribution < -0.4 is 5.32 Å². The van der Waals surface area contributed by atoms with Gasteiger partial charge in [0.15, 0.2) is 5.11 Å². The van der Waals surface area contributed by atoms with Gasteiger partial charge in [0.2, 0.25) is 0 Å². The molecule has 172 valence electrons. The molecule has 0 radical (unpaired) electrons. The Morgan fingerprint density at radius 1 is 1.18 bits per heavy atom. The van der Waals surface area contributed by atoms with Crippen LogP contribution in [0.2, 0.25) is 0 Å². The lowest BCUT2D eigenvalue weighted by molar-refractivity contribution is 0.0600. The van der Waals surface area contributed by atoms with Gasteiger partial charge in [0.25, 0.3) is 0 Å². The first-order valence-electron chi connectivity index (χ1n) is 11.2. The van der Waals surface area contributed by atoms with Gasteiger partial charge in [0.05, 0.1) is 30.5 Å². The first-order chi connectivity index (χ1) is 15.8. The van der Waals surface area contributed by atoms with Crippen molar-refractivity contribution < 1.29 is 9.53 Å². The van der Waals surface area contributed by atoms with E-state index in [9.17, 15) is 4.79 Å². The summed E-state index contributed by atoms with van der Waals surface area (Å²) < 4.78 is 7.05. The van der Waals surface area contributed by atoms with Crippen molar-refractivity contribution in [3.63, 3.8) is 0 Å². The Labute approximate surface area is 200 Å². The molecule has 0 amide bonds. The van der Waals surface area contributed by atoms with Gasteiger partial charge in [0, 0.05) is 29.8 Å². The molecule has 2 unspecified atom stereocenters. The lowest BCUT2D eigenvalue weighted by Crippen LogP contribution is -2.33. The van der Waals surface area contributed by atoms with Crippen LogP contribution in [-0.2, 0) is 4.74 Å². The Kier molecular flexibility index (Phi) is 6.51. The molecule has 1 aliphatic rings. The van der Waals surface area contributed by atoms with Crippen molar-refractivity contribution in [3.8, 4) is 5.69 Å². The Hall–Kier alpha value is -3.19. The molecule has 33 heavy (non-hydrogen) atoms. The standard InChI is InChI=1S/C26H30N4O2S/c1-16(2)15-29-24(23(28-26(29)33)22-8-6-7-13-27-22)21-14-17(3)30(18(21)4)20-11-9-19(10-12-20)25(31)32-5/h6-14,16,23-24H,15H2,1-5H3,(H,28,33). The van der Waals surface area contributed by atoms with Gasteiger partial charge in [-0.1, -0.05) is 19.9 Å². The maximum absolute atomic E-state index is 11.8. The third kappa shape index (κ3) is 4.37. The summed E-state index contributed by atoms with van der Waals surface area (Å²) in [7, 11) is 1.39. The van der Waals surface area contributed by atoms with E-state index in [0.29, 0.717) is 11.5 Å². The predicted octanol–water partition coefficient (Wildman–Crippen LogP) is 4.90. The van der Waals surface area contributed by atoms with Crippen LogP contribution in [0.3, 0.4) is 0 Å². The molecule has 1 saturated heterocycles. The van der Waals surface area contributed by atoms with E-state index in [1.165, 1.54) is 12.7 Å². The van der Waals surface area contributed by atoms with E-state index in [1.807, 2.05) is 30.5 Å². The number of ether oxygens (including phenoxy) is 1. The fourth-order valence-electron chi connectivity index (χ4n) is 4.68. The Morgan fingerprint density at radius 3 is 2.52 bits per heavy atom. The Balaban J connectivity index is 1.78. The van der Waals surface area contributed by atoms with Gasteiger partial charge >= 0.3 is 5.97 Å². The van der Waals surface area contributed by atoms with Crippen LogP contribution in [0.5, 0.6) is 0 Å². The number of esters is 1. The van der Waals surface area contributed by atoms with E-state index in [4.69, 9.17) is 17.0 Å². The van der Waals surface area contributed by atoms with E-state index < -0.39 is 0 Å². The minimum atomic E-state index is -0.337. The SMILES string of the molecule is COC(=O)c1ccc(-n2c(C)cc(C3C(c4ccccn4)NC(=S)N3CC(C)C)c2C)cc1. The molecule has 1 aliphatic heterocycles. The summed E-state index contributed by atoms with van der Waals surface area (Å²) in [5.41, 5.74) is 5.99. The molecule has 3 aromatic rings. The summed E-state index contributed by atoms with van der Waals surface area (Å²) in [5, 5.41) is 4.29. The van der Waals surface area contributed by atoms with Crippen LogP contribution in [0, 0.1) is 19.8 Å². The second-order valence-corrected chi connectivity index (χ2v) is 9.26. The van der Waals surface area contributed by atoms with Crippen LogP contribution >= 0.6 is 12.2 Å². The molecule has 4 rings (SSSR count). The van der Waals surface area contributed by atoms with Crippen molar-refractivity contribution in [3.05, 3.63) is 82.9 Å². The maximum atomic E-state index is 11.8. The van der Waals surface area contributed by atoms with Gasteiger partial charge in [-0.05, 0) is 80.0 Å². The topological polar surface area (TPSA) is 59.4 Å². The van der Waals surface area contributed by atoms with Crippen LogP contribution in [0.15, 0.2) is 54.7 Å². The summed E-state index contributed by atoms with van der Waals surface area (Å²) in [6, 6.07) is 15.7. The zero-order chi connectivity index (χ0) is 23.7. The summed E-state index contributed by atoms with van der Waals surface area (Å²) >= 11 is 5.78. The zero-order valence-electron chi connectivity index (χ0n) is 19.7. The van der Waals surface area contributed by atoms with Crippen molar-refractivity contribution >= 4 is 23.3 Å². The van der Waals surface area contributed by atoms with Gasteiger partial charge in [-0.2, -0.15) is 0 Å². The fraction of sp³-hybridized carbons (Fsp3) is 0.346. The van der Waals surface area contributed by atoms with Gasteiger partial charge in [-0.3, -0.25) is 4.98 Å². The highest BCUT2D eigenvalue weighted by Gasteiger charge is 2.41. The number of thiocarbonyl (C=S) groups is 1. The Morgan fingerprint density at radius 2 is 1.91 bits per heavy atom. The molecule has 3 heterocycles. The highest BCUT2D eigenvalue weighted by atomic mass is 32.1. The van der Waals surface area contributed by atoms with Crippen LogP contribution in [0.4, 0.5) is 0 Å². The third-order valence-electron chi connectivity index (χ3n) is 6.10. The van der Waals surface area contributed by atoms with E-state index in [1.54, 1.807) is 12.1 Å². The molecule has 1 aromatic carbocycles. The van der Waals surface area contributed by atoms with Gasteiger partial charge in [-0.15, -0.1) is 0 Å². The molecular formula is C26H30N4O2S. The zero-order valence-corrected chi connectivity index (χ0v) is 20.5. The second kappa shape index (κ2) is 9.35. The van der Waals surface area contributed by atoms with Crippen molar-refractivity contribution in [2.75, 3.05) is 13.7 Å². The van der Waals surface area contributed by atoms with E-state index in [2.05, 4.69) is 59.6 Å². The number of methoxy groups -OCH3 is 1. The number of aromatic nitrogens is 2. The minimum absolute atomic E-state index is 0.0316. The van der Waals surface area contributed by atoms with Crippen molar-refractivity contribution in [2.24, 2.45) is 5.92 Å². The lowest BCUT2D eigenvalue weighted by atomic mass is 9.96. The molecule has 0 aliphatic carbocycles. The van der Waals surface area contributed by atoms with Crippen LogP contribution in [-0.4, -0.2) is 39.2 Å². The van der Waals surface area contributed by atoms with E-state index in [0.717, 1.165) is 34.4 Å². The first kappa shape index (κ1) is 23.0. The number of nitrogens with zero attached hydrogens (tertiary/aromatic N) is 3. The number of pyridine rings is 1. The number of rotatable bonds is 6. The normalized spacial score (nSPS) is 18.0. The second-order valence-electron chi connectivity index (χ2n) is 8.87. The number of carbonyl (C=O) groups is 1. The summed E-state index contributed by atoms with van der Waals surface area (Å²) in [4.78, 5) is 18.8. The van der Waals surface area contributed by atoms with Crippen molar-refractivity contribution in [1.82, 2.24) is 19.8 Å². The molecule has 1 fully saturated rings. The average molecular weight is 463 g/mol. The fourth-order valence-corrected chi connectivity index (χ4v) is 5.00. The van der Waals surface area contributed by atoms with Crippen LogP contribution in [0.1, 0.15) is 58.9 Å². The molecule has 6 nitrogen and oxygen atoms in total. The number of nitrogens with one attached hydrogen (secondary N) is 1. The molecule has 2 aromatic heterocycles. The van der Waals surface area contributed by atoms with Gasteiger partial charge in [0.1, 0.15) is 0 Å². The van der Waals surface area contributed by atoms with Gasteiger partial charge < -0.3 is 19.5 Å². The number of aryl methyl sites for hydroxylation is 1. The van der Waals surface area contributed by atoms with Crippen LogP contribution in [0.25, 0.3) is 5.69 Å². The highest BCUT2D eigenvalue weighted by molar-refractivity contribution is 7.80. The molecule has 0 bridgehead atoms. The molecular weight excluding hydrogens is 432 g/mol. The average Bonchev–Trinajstić information content (AvgIpc) is 3.28. The maximum Gasteiger partial charge on any atom is 0.337 e. The quantitative estimate of drug-likeness (QED) is 0.415. The highest BCUT2D eigenvalue weighted by Crippen LogP contribution is 2.41. The van der Waals surface area contributed by atoms with Gasteiger partial charge in [-0.25, -0.2) is 4.79 Å². The molecule has 1 N–H and O–H groups in total. The molecule has 2 atom stereocenters. The van der Waals surface area contributed by atoms with E-state index in [-0.39, 0.29) is 18.1 Å². The largest absolute Gasteiger partial charge is 0.465 e. The summed E-state index contributed by atoms with van der Waals surface area (Å²) in [6.07, 6.45) is 1.83. The third-order valence-corrected chi connectivity index (χ3v) is 6.45. The number of hydrogen-bond acceptors (Lipinski definition) is 4. The first-order valence-corrected chi connectivity index (χ1v) is 11.6. The number of hydrogen-bond donors (Lipinski definition) is 1. The summed E-state index contributed by atoms with van der Waals surface area (Å²) in [5.74, 6) is 0.125. The summed E-state index contributed by atoms with van der Waals surface area (Å²) in [6.45, 7) is 9.52. The number of carbonyl (C=O) groups excluding carboxylic acids is 1. The smallest absolute Gasteiger partial charge is 0.337 e. The Bertz CT molecular complexity index is 1160. The monoisotopic (exact) mass is 462 g/mol. The predicted molar refractivity (Wildman–Crippen MR) is 134 cm³/mol. The van der Waals surface area contributed by atoms with Crippen molar-refractivity contribution in [2.45, 2.75) is 39.8 Å².